The summed E-state index contributed by atoms with van der Waals surface area (Å²) in [6.45, 7) is 7.51. The highest BCUT2D eigenvalue weighted by atomic mass is 32.2. The Kier molecular flexibility index (Phi) is 7.43. The third kappa shape index (κ3) is 5.93. The van der Waals surface area contributed by atoms with Crippen LogP contribution >= 0.6 is 0 Å². The van der Waals surface area contributed by atoms with Crippen LogP contribution in [0.2, 0.25) is 0 Å². The molecular formula is C26H30N2O4S. The first kappa shape index (κ1) is 24.3. The summed E-state index contributed by atoms with van der Waals surface area (Å²) in [6, 6.07) is 17.5. The smallest absolute Gasteiger partial charge is 0.262 e. The van der Waals surface area contributed by atoms with Crippen molar-refractivity contribution < 1.29 is 17.9 Å². The average Bonchev–Trinajstić information content (AvgIpc) is 2.76. The molecule has 0 aromatic heterocycles. The Morgan fingerprint density at radius 3 is 2.15 bits per heavy atom. The fraction of sp³-hybridized carbons (Fsp3) is 0.269. The monoisotopic (exact) mass is 466 g/mol. The number of benzene rings is 3. The summed E-state index contributed by atoms with van der Waals surface area (Å²) in [6.07, 6.45) is 0.684. The van der Waals surface area contributed by atoms with Crippen LogP contribution in [0, 0.1) is 20.8 Å². The first-order chi connectivity index (χ1) is 15.6. The van der Waals surface area contributed by atoms with Crippen LogP contribution in [0.25, 0.3) is 0 Å². The standard InChI is InChI=1S/C26H30N2O4S/c1-6-24(20-9-11-23(32-5)12-10-20)27-26(29)21-8-7-19(4)25(16-21)33(30,31)28-22-14-17(2)13-18(3)15-22/h7-16,24,28H,6H2,1-5H3,(H,27,29). The SMILES string of the molecule is CCC(NC(=O)c1ccc(C)c(S(=O)(=O)Nc2cc(C)cc(C)c2)c1)c1ccc(OC)cc1. The molecule has 7 heteroatoms. The number of anilines is 1. The summed E-state index contributed by atoms with van der Waals surface area (Å²) in [4.78, 5) is 13.1. The third-order valence-corrected chi connectivity index (χ3v) is 6.97. The number of methoxy groups -OCH3 is 1. The summed E-state index contributed by atoms with van der Waals surface area (Å²) in [5.74, 6) is 0.408. The summed E-state index contributed by atoms with van der Waals surface area (Å²) >= 11 is 0. The van der Waals surface area contributed by atoms with E-state index in [1.807, 2.05) is 51.1 Å². The molecule has 2 N–H and O–H groups in total. The number of nitrogens with one attached hydrogen (secondary N) is 2. The molecule has 0 saturated carbocycles. The van der Waals surface area contributed by atoms with Crippen LogP contribution in [0.5, 0.6) is 5.75 Å². The first-order valence-corrected chi connectivity index (χ1v) is 12.3. The molecule has 0 fully saturated rings. The molecule has 0 aliphatic heterocycles. The maximum absolute atomic E-state index is 13.1. The molecule has 0 bridgehead atoms. The van der Waals surface area contributed by atoms with Crippen LogP contribution in [-0.4, -0.2) is 21.4 Å². The second-order valence-electron chi connectivity index (χ2n) is 8.17. The second kappa shape index (κ2) is 10.1. The van der Waals surface area contributed by atoms with Gasteiger partial charge in [-0.3, -0.25) is 9.52 Å². The van der Waals surface area contributed by atoms with E-state index >= 15 is 0 Å². The normalized spacial score (nSPS) is 12.2. The number of ether oxygens (including phenoxy) is 1. The van der Waals surface area contributed by atoms with Gasteiger partial charge in [0.05, 0.1) is 18.0 Å². The van der Waals surface area contributed by atoms with E-state index in [2.05, 4.69) is 10.0 Å². The molecule has 0 spiro atoms. The van der Waals surface area contributed by atoms with E-state index in [1.54, 1.807) is 38.3 Å². The molecule has 3 aromatic rings. The molecule has 1 amide bonds. The topological polar surface area (TPSA) is 84.5 Å². The van der Waals surface area contributed by atoms with Crippen LogP contribution < -0.4 is 14.8 Å². The number of rotatable bonds is 8. The summed E-state index contributed by atoms with van der Waals surface area (Å²) in [5, 5.41) is 3.00. The lowest BCUT2D eigenvalue weighted by Gasteiger charge is -2.18. The van der Waals surface area contributed by atoms with Crippen LogP contribution in [0.3, 0.4) is 0 Å². The van der Waals surface area contributed by atoms with Gasteiger partial charge in [0.1, 0.15) is 5.75 Å². The molecule has 1 atom stereocenters. The Bertz CT molecular complexity index is 1230. The number of amides is 1. The summed E-state index contributed by atoms with van der Waals surface area (Å²) < 4.78 is 34.1. The Morgan fingerprint density at radius 2 is 1.58 bits per heavy atom. The Balaban J connectivity index is 1.85. The molecular weight excluding hydrogens is 436 g/mol. The van der Waals surface area contributed by atoms with E-state index in [0.717, 1.165) is 22.4 Å². The highest BCUT2D eigenvalue weighted by Gasteiger charge is 2.21. The third-order valence-electron chi connectivity index (χ3n) is 5.45. The molecule has 174 valence electrons. The summed E-state index contributed by atoms with van der Waals surface area (Å²) in [7, 11) is -2.27. The van der Waals surface area contributed by atoms with Crippen molar-refractivity contribution in [2.45, 2.75) is 45.1 Å². The molecule has 1 unspecified atom stereocenters. The molecule has 0 heterocycles. The van der Waals surface area contributed by atoms with Gasteiger partial charge >= 0.3 is 0 Å². The van der Waals surface area contributed by atoms with E-state index in [1.165, 1.54) is 6.07 Å². The van der Waals surface area contributed by atoms with Crippen LogP contribution in [0.15, 0.2) is 65.6 Å². The van der Waals surface area contributed by atoms with Crippen molar-refractivity contribution in [3.8, 4) is 5.75 Å². The maximum Gasteiger partial charge on any atom is 0.262 e. The quantitative estimate of drug-likeness (QED) is 0.472. The first-order valence-electron chi connectivity index (χ1n) is 10.8. The number of carbonyl (C=O) groups is 1. The Morgan fingerprint density at radius 1 is 0.939 bits per heavy atom. The lowest BCUT2D eigenvalue weighted by atomic mass is 10.0. The molecule has 0 aliphatic rings. The zero-order valence-electron chi connectivity index (χ0n) is 19.6. The maximum atomic E-state index is 13.1. The molecule has 33 heavy (non-hydrogen) atoms. The molecule has 0 radical (unpaired) electrons. The minimum atomic E-state index is -3.87. The van der Waals surface area contributed by atoms with Crippen molar-refractivity contribution in [2.24, 2.45) is 0 Å². The number of carbonyl (C=O) groups excluding carboxylic acids is 1. The predicted molar refractivity (Wildman–Crippen MR) is 131 cm³/mol. The Labute approximate surface area is 196 Å². The van der Waals surface area contributed by atoms with Crippen LogP contribution in [-0.2, 0) is 10.0 Å². The van der Waals surface area contributed by atoms with E-state index in [9.17, 15) is 13.2 Å². The van der Waals surface area contributed by atoms with E-state index in [-0.39, 0.29) is 22.4 Å². The van der Waals surface area contributed by atoms with Crippen molar-refractivity contribution >= 4 is 21.6 Å². The van der Waals surface area contributed by atoms with Crippen molar-refractivity contribution in [2.75, 3.05) is 11.8 Å². The number of aryl methyl sites for hydroxylation is 3. The number of sulfonamides is 1. The van der Waals surface area contributed by atoms with Gasteiger partial charge in [-0.1, -0.05) is 31.2 Å². The highest BCUT2D eigenvalue weighted by Crippen LogP contribution is 2.24. The lowest BCUT2D eigenvalue weighted by molar-refractivity contribution is 0.0935. The average molecular weight is 467 g/mol. The van der Waals surface area contributed by atoms with Crippen molar-refractivity contribution in [1.29, 1.82) is 0 Å². The Hall–Kier alpha value is -3.32. The molecule has 0 saturated heterocycles. The van der Waals surface area contributed by atoms with Gasteiger partial charge in [0.15, 0.2) is 0 Å². The molecule has 6 nitrogen and oxygen atoms in total. The fourth-order valence-corrected chi connectivity index (χ4v) is 5.09. The van der Waals surface area contributed by atoms with Crippen molar-refractivity contribution in [3.63, 3.8) is 0 Å². The second-order valence-corrected chi connectivity index (χ2v) is 9.82. The fourth-order valence-electron chi connectivity index (χ4n) is 3.77. The van der Waals surface area contributed by atoms with Gasteiger partial charge in [0, 0.05) is 11.3 Å². The van der Waals surface area contributed by atoms with E-state index in [0.29, 0.717) is 17.7 Å². The van der Waals surface area contributed by atoms with Gasteiger partial charge in [0.2, 0.25) is 0 Å². The highest BCUT2D eigenvalue weighted by molar-refractivity contribution is 7.92. The van der Waals surface area contributed by atoms with Crippen LogP contribution in [0.1, 0.15) is 52.0 Å². The number of hydrogen-bond donors (Lipinski definition) is 2. The predicted octanol–water partition coefficient (Wildman–Crippen LogP) is 5.30. The van der Waals surface area contributed by atoms with Crippen molar-refractivity contribution in [3.05, 3.63) is 88.5 Å². The van der Waals surface area contributed by atoms with Gasteiger partial charge < -0.3 is 10.1 Å². The zero-order chi connectivity index (χ0) is 24.2. The van der Waals surface area contributed by atoms with Gasteiger partial charge in [-0.25, -0.2) is 8.42 Å². The molecule has 0 aliphatic carbocycles. The minimum absolute atomic E-state index is 0.0757. The largest absolute Gasteiger partial charge is 0.497 e. The van der Waals surface area contributed by atoms with E-state index < -0.39 is 10.0 Å². The van der Waals surface area contributed by atoms with Crippen molar-refractivity contribution in [1.82, 2.24) is 5.32 Å². The van der Waals surface area contributed by atoms with Gasteiger partial charge in [-0.15, -0.1) is 0 Å². The van der Waals surface area contributed by atoms with E-state index in [4.69, 9.17) is 4.74 Å². The van der Waals surface area contributed by atoms with Gasteiger partial charge in [0.25, 0.3) is 15.9 Å². The zero-order valence-corrected chi connectivity index (χ0v) is 20.4. The molecule has 3 aromatic carbocycles. The van der Waals surface area contributed by atoms with Crippen LogP contribution in [0.4, 0.5) is 5.69 Å². The summed E-state index contributed by atoms with van der Waals surface area (Å²) in [5.41, 5.74) is 4.21. The molecule has 3 rings (SSSR count). The minimum Gasteiger partial charge on any atom is -0.497 e. The van der Waals surface area contributed by atoms with Gasteiger partial charge in [-0.2, -0.15) is 0 Å². The van der Waals surface area contributed by atoms with Gasteiger partial charge in [-0.05, 0) is 85.8 Å². The lowest BCUT2D eigenvalue weighted by Crippen LogP contribution is -2.28. The number of hydrogen-bond acceptors (Lipinski definition) is 4.